The first-order valence-corrected chi connectivity index (χ1v) is 10.4. The van der Waals surface area contributed by atoms with Gasteiger partial charge in [-0.25, -0.2) is 0 Å². The van der Waals surface area contributed by atoms with E-state index in [4.69, 9.17) is 0 Å². The summed E-state index contributed by atoms with van der Waals surface area (Å²) in [6.07, 6.45) is 7.19. The zero-order valence-electron chi connectivity index (χ0n) is 17.3. The highest BCUT2D eigenvalue weighted by atomic mass is 16.2. The minimum Gasteiger partial charge on any atom is -0.339 e. The Hall–Kier alpha value is -2.67. The normalized spacial score (nSPS) is 17.8. The molecule has 1 aromatic heterocycles. The van der Waals surface area contributed by atoms with Crippen molar-refractivity contribution < 1.29 is 9.59 Å². The molecule has 1 aromatic carbocycles. The highest BCUT2D eigenvalue weighted by molar-refractivity contribution is 5.96. The maximum atomic E-state index is 13.0. The molecule has 1 fully saturated rings. The van der Waals surface area contributed by atoms with E-state index >= 15 is 0 Å². The summed E-state index contributed by atoms with van der Waals surface area (Å²) >= 11 is 0. The molecule has 0 atom stereocenters. The third kappa shape index (κ3) is 4.19. The molecule has 154 valence electrons. The molecule has 2 amide bonds. The van der Waals surface area contributed by atoms with E-state index in [0.29, 0.717) is 12.1 Å². The smallest absolute Gasteiger partial charge is 0.257 e. The summed E-state index contributed by atoms with van der Waals surface area (Å²) in [5.74, 6) is 0.188. The van der Waals surface area contributed by atoms with Gasteiger partial charge in [0.05, 0.1) is 18.3 Å². The number of benzene rings is 1. The summed E-state index contributed by atoms with van der Waals surface area (Å²) in [7, 11) is 3.68. The van der Waals surface area contributed by atoms with Gasteiger partial charge in [-0.15, -0.1) is 0 Å². The number of aryl methyl sites for hydroxylation is 2. The summed E-state index contributed by atoms with van der Waals surface area (Å²) in [4.78, 5) is 31.6. The number of nitrogens with zero attached hydrogens (tertiary/aromatic N) is 5. The predicted octanol–water partition coefficient (Wildman–Crippen LogP) is 1.94. The molecule has 2 aromatic rings. The van der Waals surface area contributed by atoms with Gasteiger partial charge in [0.15, 0.2) is 0 Å². The topological polar surface area (TPSA) is 61.7 Å². The molecule has 0 aliphatic carbocycles. The SMILES string of the molecule is CN(C(=O)c1cnn(C)c1)C1CCN(CC(=O)N2CCCc3ccccc32)CC1. The molecule has 7 nitrogen and oxygen atoms in total. The number of aromatic nitrogens is 2. The van der Waals surface area contributed by atoms with Crippen molar-refractivity contribution >= 4 is 17.5 Å². The maximum absolute atomic E-state index is 13.0. The molecule has 1 saturated heterocycles. The summed E-state index contributed by atoms with van der Waals surface area (Å²) in [6, 6.07) is 8.42. The van der Waals surface area contributed by atoms with Crippen LogP contribution in [0.5, 0.6) is 0 Å². The van der Waals surface area contributed by atoms with Crippen LogP contribution in [-0.2, 0) is 18.3 Å². The van der Waals surface area contributed by atoms with Crippen LogP contribution in [0.25, 0.3) is 0 Å². The van der Waals surface area contributed by atoms with Crippen LogP contribution in [-0.4, -0.2) is 70.7 Å². The number of para-hydroxylation sites is 1. The van der Waals surface area contributed by atoms with Crippen molar-refractivity contribution in [3.05, 3.63) is 47.8 Å². The van der Waals surface area contributed by atoms with Crippen LogP contribution in [0.1, 0.15) is 35.2 Å². The fourth-order valence-corrected chi connectivity index (χ4v) is 4.44. The fourth-order valence-electron chi connectivity index (χ4n) is 4.44. The van der Waals surface area contributed by atoms with Gasteiger partial charge < -0.3 is 9.80 Å². The first kappa shape index (κ1) is 19.6. The van der Waals surface area contributed by atoms with Crippen molar-refractivity contribution in [2.75, 3.05) is 38.1 Å². The van der Waals surface area contributed by atoms with Crippen LogP contribution >= 0.6 is 0 Å². The van der Waals surface area contributed by atoms with Crippen molar-refractivity contribution in [1.82, 2.24) is 19.6 Å². The Morgan fingerprint density at radius 1 is 1.17 bits per heavy atom. The fraction of sp³-hybridized carbons (Fsp3) is 0.500. The number of fused-ring (bicyclic) bond motifs is 1. The van der Waals surface area contributed by atoms with Gasteiger partial charge in [0.2, 0.25) is 5.91 Å². The van der Waals surface area contributed by atoms with Crippen molar-refractivity contribution in [3.8, 4) is 0 Å². The number of anilines is 1. The highest BCUT2D eigenvalue weighted by Gasteiger charge is 2.29. The lowest BCUT2D eigenvalue weighted by atomic mass is 10.0. The lowest BCUT2D eigenvalue weighted by Gasteiger charge is -2.37. The van der Waals surface area contributed by atoms with E-state index < -0.39 is 0 Å². The lowest BCUT2D eigenvalue weighted by molar-refractivity contribution is -0.120. The number of carbonyl (C=O) groups is 2. The Labute approximate surface area is 171 Å². The van der Waals surface area contributed by atoms with E-state index in [2.05, 4.69) is 22.1 Å². The zero-order chi connectivity index (χ0) is 20.4. The molecule has 4 rings (SSSR count). The number of piperidine rings is 1. The number of hydrogen-bond acceptors (Lipinski definition) is 4. The number of carbonyl (C=O) groups excluding carboxylic acids is 2. The van der Waals surface area contributed by atoms with Gasteiger partial charge >= 0.3 is 0 Å². The molecule has 3 heterocycles. The molecular weight excluding hydrogens is 366 g/mol. The van der Waals surface area contributed by atoms with Crippen molar-refractivity contribution in [1.29, 1.82) is 0 Å². The molecule has 0 radical (unpaired) electrons. The number of hydrogen-bond donors (Lipinski definition) is 0. The van der Waals surface area contributed by atoms with Gasteiger partial charge in [0.1, 0.15) is 0 Å². The molecule has 0 N–H and O–H groups in total. The van der Waals surface area contributed by atoms with E-state index in [1.165, 1.54) is 5.56 Å². The maximum Gasteiger partial charge on any atom is 0.257 e. The monoisotopic (exact) mass is 395 g/mol. The van der Waals surface area contributed by atoms with Crippen LogP contribution < -0.4 is 4.90 Å². The van der Waals surface area contributed by atoms with E-state index in [-0.39, 0.29) is 17.9 Å². The minimum atomic E-state index is 0.0116. The van der Waals surface area contributed by atoms with Gasteiger partial charge in [0, 0.05) is 51.7 Å². The molecule has 2 aliphatic heterocycles. The summed E-state index contributed by atoms with van der Waals surface area (Å²) < 4.78 is 1.65. The zero-order valence-corrected chi connectivity index (χ0v) is 17.3. The minimum absolute atomic E-state index is 0.0116. The summed E-state index contributed by atoms with van der Waals surface area (Å²) in [6.45, 7) is 2.91. The van der Waals surface area contributed by atoms with Crippen LogP contribution in [0.15, 0.2) is 36.7 Å². The number of amides is 2. The van der Waals surface area contributed by atoms with Gasteiger partial charge in [-0.05, 0) is 37.3 Å². The third-order valence-electron chi connectivity index (χ3n) is 6.15. The van der Waals surface area contributed by atoms with E-state index in [1.54, 1.807) is 17.1 Å². The average molecular weight is 396 g/mol. The Kier molecular flexibility index (Phi) is 5.67. The Bertz CT molecular complexity index is 885. The van der Waals surface area contributed by atoms with Gasteiger partial charge in [-0.2, -0.15) is 5.10 Å². The number of likely N-dealkylation sites (tertiary alicyclic amines) is 1. The van der Waals surface area contributed by atoms with Gasteiger partial charge in [-0.1, -0.05) is 18.2 Å². The summed E-state index contributed by atoms with van der Waals surface area (Å²) in [5.41, 5.74) is 2.96. The second-order valence-electron chi connectivity index (χ2n) is 8.10. The molecule has 0 unspecified atom stereocenters. The Morgan fingerprint density at radius 2 is 1.93 bits per heavy atom. The van der Waals surface area contributed by atoms with Crippen LogP contribution in [0.4, 0.5) is 5.69 Å². The third-order valence-corrected chi connectivity index (χ3v) is 6.15. The quantitative estimate of drug-likeness (QED) is 0.794. The molecule has 2 aliphatic rings. The van der Waals surface area contributed by atoms with E-state index in [0.717, 1.165) is 51.0 Å². The Morgan fingerprint density at radius 3 is 2.66 bits per heavy atom. The van der Waals surface area contributed by atoms with Gasteiger partial charge in [-0.3, -0.25) is 19.2 Å². The molecule has 29 heavy (non-hydrogen) atoms. The standard InChI is InChI=1S/C22H29N5O2/c1-24-15-18(14-23-24)22(29)25(2)19-9-12-26(13-10-19)16-21(28)27-11-5-7-17-6-3-4-8-20(17)27/h3-4,6,8,14-15,19H,5,7,9-13,16H2,1-2H3. The highest BCUT2D eigenvalue weighted by Crippen LogP contribution is 2.27. The predicted molar refractivity (Wildman–Crippen MR) is 112 cm³/mol. The van der Waals surface area contributed by atoms with E-state index in [9.17, 15) is 9.59 Å². The van der Waals surface area contributed by atoms with Crippen LogP contribution in [0.2, 0.25) is 0 Å². The van der Waals surface area contributed by atoms with Crippen molar-refractivity contribution in [2.24, 2.45) is 7.05 Å². The van der Waals surface area contributed by atoms with Crippen LogP contribution in [0.3, 0.4) is 0 Å². The molecule has 7 heteroatoms. The summed E-state index contributed by atoms with van der Waals surface area (Å²) in [5, 5.41) is 4.09. The van der Waals surface area contributed by atoms with Crippen molar-refractivity contribution in [2.45, 2.75) is 31.7 Å². The lowest BCUT2D eigenvalue weighted by Crippen LogP contribution is -2.49. The molecule has 0 spiro atoms. The molecular formula is C22H29N5O2. The second-order valence-corrected chi connectivity index (χ2v) is 8.10. The van der Waals surface area contributed by atoms with Gasteiger partial charge in [0.25, 0.3) is 5.91 Å². The largest absolute Gasteiger partial charge is 0.339 e. The first-order valence-electron chi connectivity index (χ1n) is 10.4. The first-order chi connectivity index (χ1) is 14.0. The number of rotatable bonds is 4. The van der Waals surface area contributed by atoms with Crippen molar-refractivity contribution in [3.63, 3.8) is 0 Å². The molecule has 0 saturated carbocycles. The van der Waals surface area contributed by atoms with E-state index in [1.807, 2.05) is 36.0 Å². The molecule has 0 bridgehead atoms. The average Bonchev–Trinajstić information content (AvgIpc) is 3.19. The second kappa shape index (κ2) is 8.37. The van der Waals surface area contributed by atoms with Crippen LogP contribution in [0, 0.1) is 0 Å². The Balaban J connectivity index is 1.31.